The molecule has 1 amide bonds. The quantitative estimate of drug-likeness (QED) is 0.334. The lowest BCUT2D eigenvalue weighted by molar-refractivity contribution is -0.235. The van der Waals surface area contributed by atoms with E-state index in [1.165, 1.54) is 62.5 Å². The number of likely N-dealkylation sites (tertiary alicyclic amines) is 2. The minimum absolute atomic E-state index is 0.0725. The van der Waals surface area contributed by atoms with E-state index in [0.29, 0.717) is 23.5 Å². The van der Waals surface area contributed by atoms with Crippen molar-refractivity contribution >= 4 is 5.91 Å². The highest BCUT2D eigenvalue weighted by atomic mass is 16.5. The van der Waals surface area contributed by atoms with Crippen molar-refractivity contribution < 1.29 is 9.53 Å². The molecule has 5 aliphatic rings. The highest BCUT2D eigenvalue weighted by molar-refractivity contribution is 5.94. The number of nitrogens with one attached hydrogen (secondary N) is 1. The van der Waals surface area contributed by atoms with Gasteiger partial charge in [-0.3, -0.25) is 14.6 Å². The number of benzene rings is 2. The molecule has 5 atom stereocenters. The molecule has 1 spiro atoms. The molecule has 2 saturated heterocycles. The van der Waals surface area contributed by atoms with E-state index in [2.05, 4.69) is 58.1 Å². The molecule has 3 saturated carbocycles. The number of hydrogen-bond donors (Lipinski definition) is 1. The maximum Gasteiger partial charge on any atom is 0.251 e. The number of carbonyl (C=O) groups is 1. The Kier molecular flexibility index (Phi) is 6.55. The second-order valence-corrected chi connectivity index (χ2v) is 12.6. The van der Waals surface area contributed by atoms with Crippen LogP contribution in [0.1, 0.15) is 91.7 Å². The second kappa shape index (κ2) is 10.1. The molecular weight excluding hydrogens is 482 g/mol. The van der Waals surface area contributed by atoms with E-state index in [0.717, 1.165) is 42.8 Å². The van der Waals surface area contributed by atoms with Crippen LogP contribution < -0.4 is 10.1 Å². The van der Waals surface area contributed by atoms with Crippen LogP contribution in [0, 0.1) is 5.41 Å². The van der Waals surface area contributed by atoms with Crippen molar-refractivity contribution in [3.05, 3.63) is 77.9 Å². The summed E-state index contributed by atoms with van der Waals surface area (Å²) in [7, 11) is 1.75. The van der Waals surface area contributed by atoms with Gasteiger partial charge in [0.25, 0.3) is 5.91 Å². The lowest BCUT2D eigenvalue weighted by atomic mass is 9.56. The fourth-order valence-corrected chi connectivity index (χ4v) is 9.58. The zero-order chi connectivity index (χ0) is 26.6. The highest BCUT2D eigenvalue weighted by Crippen LogP contribution is 2.72. The number of nitrogens with zero attached hydrogens (tertiary/aromatic N) is 2. The van der Waals surface area contributed by atoms with E-state index < -0.39 is 0 Å². The Morgan fingerprint density at radius 2 is 1.62 bits per heavy atom. The summed E-state index contributed by atoms with van der Waals surface area (Å²) in [6, 6.07) is 20.3. The normalized spacial score (nSPS) is 32.7. The van der Waals surface area contributed by atoms with Gasteiger partial charge in [-0.25, -0.2) is 0 Å². The minimum Gasteiger partial charge on any atom is -0.497 e. The van der Waals surface area contributed by atoms with Gasteiger partial charge < -0.3 is 10.1 Å². The minimum atomic E-state index is 0.0725. The summed E-state index contributed by atoms with van der Waals surface area (Å²) in [6.07, 6.45) is 14.5. The van der Waals surface area contributed by atoms with Crippen LogP contribution in [0.3, 0.4) is 0 Å². The Morgan fingerprint density at radius 3 is 2.26 bits per heavy atom. The Morgan fingerprint density at radius 1 is 0.949 bits per heavy atom. The number of carbonyl (C=O) groups excluding carboxylic acids is 1. The van der Waals surface area contributed by atoms with Crippen molar-refractivity contribution in [2.75, 3.05) is 13.7 Å². The van der Waals surface area contributed by atoms with Gasteiger partial charge in [-0.1, -0.05) is 56.0 Å². The predicted molar refractivity (Wildman–Crippen MR) is 155 cm³/mol. The smallest absolute Gasteiger partial charge is 0.251 e. The fraction of sp³-hybridized carbons (Fsp3) is 0.559. The molecule has 0 bridgehead atoms. The molecule has 2 heterocycles. The summed E-state index contributed by atoms with van der Waals surface area (Å²) in [6.45, 7) is 5.07. The standard InChI is InChI=1S/C34H43N3O2/c1-3-21-36-28-17-19-30-34(28)29(36)18-20-31(34)37(30)32(25-9-8-12-27(22-25)39-2)23-13-15-24(16-14-23)33(38)35-26-10-6-4-5-7-11-26/h3,8-9,12-16,22,26,28-32H,1,4-7,10-11,17-21H2,2H3,(H,35,38). The third-order valence-corrected chi connectivity index (χ3v) is 11.0. The molecule has 3 aliphatic carbocycles. The van der Waals surface area contributed by atoms with Gasteiger partial charge in [0.05, 0.1) is 13.2 Å². The Labute approximate surface area is 233 Å². The number of ether oxygens (including phenoxy) is 1. The molecule has 206 valence electrons. The van der Waals surface area contributed by atoms with Crippen LogP contribution in [0.5, 0.6) is 5.75 Å². The third-order valence-electron chi connectivity index (χ3n) is 11.0. The average Bonchev–Trinajstić information content (AvgIpc) is 3.24. The van der Waals surface area contributed by atoms with Crippen molar-refractivity contribution in [1.29, 1.82) is 0 Å². The molecule has 1 N–H and O–H groups in total. The van der Waals surface area contributed by atoms with E-state index in [4.69, 9.17) is 4.74 Å². The Hall–Kier alpha value is -2.63. The number of rotatable bonds is 8. The van der Waals surface area contributed by atoms with Gasteiger partial charge in [-0.2, -0.15) is 0 Å². The summed E-state index contributed by atoms with van der Waals surface area (Å²) in [5.74, 6) is 0.977. The lowest BCUT2D eigenvalue weighted by Gasteiger charge is -2.72. The second-order valence-electron chi connectivity index (χ2n) is 12.6. The van der Waals surface area contributed by atoms with Crippen LogP contribution in [-0.4, -0.2) is 59.6 Å². The first kappa shape index (κ1) is 25.3. The van der Waals surface area contributed by atoms with Crippen LogP contribution in [0.2, 0.25) is 0 Å². The van der Waals surface area contributed by atoms with Gasteiger partial charge in [-0.05, 0) is 73.9 Å². The van der Waals surface area contributed by atoms with Crippen LogP contribution in [-0.2, 0) is 0 Å². The number of amides is 1. The maximum absolute atomic E-state index is 13.1. The zero-order valence-corrected chi connectivity index (χ0v) is 23.4. The molecule has 7 rings (SSSR count). The summed E-state index contributed by atoms with van der Waals surface area (Å²) in [5.41, 5.74) is 3.80. The van der Waals surface area contributed by atoms with E-state index in [9.17, 15) is 4.79 Å². The van der Waals surface area contributed by atoms with Crippen molar-refractivity contribution in [1.82, 2.24) is 15.1 Å². The largest absolute Gasteiger partial charge is 0.497 e. The molecule has 5 fully saturated rings. The van der Waals surface area contributed by atoms with Crippen LogP contribution in [0.4, 0.5) is 0 Å². The first-order valence-corrected chi connectivity index (χ1v) is 15.4. The van der Waals surface area contributed by atoms with E-state index in [1.807, 2.05) is 18.2 Å². The predicted octanol–water partition coefficient (Wildman–Crippen LogP) is 6.10. The van der Waals surface area contributed by atoms with Gasteiger partial charge in [0.2, 0.25) is 0 Å². The van der Waals surface area contributed by atoms with Crippen molar-refractivity contribution in [2.24, 2.45) is 5.41 Å². The topological polar surface area (TPSA) is 44.8 Å². The van der Waals surface area contributed by atoms with Gasteiger partial charge in [0.1, 0.15) is 5.75 Å². The third kappa shape index (κ3) is 3.83. The zero-order valence-electron chi connectivity index (χ0n) is 23.4. The van der Waals surface area contributed by atoms with Gasteiger partial charge >= 0.3 is 0 Å². The van der Waals surface area contributed by atoms with Crippen molar-refractivity contribution in [2.45, 2.75) is 100 Å². The molecule has 2 aromatic rings. The highest BCUT2D eigenvalue weighted by Gasteiger charge is 2.80. The summed E-state index contributed by atoms with van der Waals surface area (Å²) in [4.78, 5) is 18.7. The lowest BCUT2D eigenvalue weighted by Crippen LogP contribution is -2.83. The molecule has 2 aromatic carbocycles. The Balaban J connectivity index is 1.17. The van der Waals surface area contributed by atoms with Gasteiger partial charge in [0, 0.05) is 47.7 Å². The summed E-state index contributed by atoms with van der Waals surface area (Å²) >= 11 is 0. The van der Waals surface area contributed by atoms with E-state index in [-0.39, 0.29) is 11.9 Å². The molecular formula is C34H43N3O2. The van der Waals surface area contributed by atoms with Crippen LogP contribution in [0.25, 0.3) is 0 Å². The molecule has 0 radical (unpaired) electrons. The fourth-order valence-electron chi connectivity index (χ4n) is 9.58. The SMILES string of the molecule is C=CCN1C2CCC3N(C(c4ccc(C(=O)NC5CCCCCC5)cc4)c4cccc(OC)c4)C4CCC1C234. The summed E-state index contributed by atoms with van der Waals surface area (Å²) in [5, 5.41) is 3.32. The van der Waals surface area contributed by atoms with Crippen molar-refractivity contribution in [3.63, 3.8) is 0 Å². The first-order chi connectivity index (χ1) is 19.2. The molecule has 5 heteroatoms. The monoisotopic (exact) mass is 525 g/mol. The maximum atomic E-state index is 13.1. The Bertz CT molecular complexity index is 1190. The van der Waals surface area contributed by atoms with Gasteiger partial charge in [0.15, 0.2) is 0 Å². The van der Waals surface area contributed by atoms with E-state index >= 15 is 0 Å². The molecule has 0 aromatic heterocycles. The molecule has 5 unspecified atom stereocenters. The van der Waals surface area contributed by atoms with E-state index in [1.54, 1.807) is 7.11 Å². The molecule has 2 aliphatic heterocycles. The molecule has 39 heavy (non-hydrogen) atoms. The number of hydrogen-bond acceptors (Lipinski definition) is 4. The van der Waals surface area contributed by atoms with Crippen molar-refractivity contribution in [3.8, 4) is 5.75 Å². The van der Waals surface area contributed by atoms with Crippen LogP contribution in [0.15, 0.2) is 61.2 Å². The van der Waals surface area contributed by atoms with Crippen LogP contribution >= 0.6 is 0 Å². The van der Waals surface area contributed by atoms with Gasteiger partial charge in [-0.15, -0.1) is 6.58 Å². The number of methoxy groups -OCH3 is 1. The summed E-state index contributed by atoms with van der Waals surface area (Å²) < 4.78 is 5.65. The molecule has 5 nitrogen and oxygen atoms in total. The first-order valence-electron chi connectivity index (χ1n) is 15.4. The average molecular weight is 526 g/mol.